The van der Waals surface area contributed by atoms with E-state index in [1.165, 1.54) is 23.8 Å². The molecule has 1 aliphatic rings. The van der Waals surface area contributed by atoms with E-state index in [0.717, 1.165) is 17.1 Å². The number of aliphatic hydroxyl groups excluding tert-OH is 1. The maximum absolute atomic E-state index is 9.60. The number of fused-ring (bicyclic) bond motifs is 1. The van der Waals surface area contributed by atoms with Gasteiger partial charge in [-0.2, -0.15) is 0 Å². The Morgan fingerprint density at radius 3 is 2.95 bits per heavy atom. The number of nitrogens with zero attached hydrogens (tertiary/aromatic N) is 1. The van der Waals surface area contributed by atoms with Crippen LogP contribution < -0.4 is 5.32 Å². The number of hydrogen-bond donors (Lipinski definition) is 2. The molecule has 102 valence electrons. The van der Waals surface area contributed by atoms with E-state index in [1.807, 2.05) is 12.1 Å². The zero-order valence-electron chi connectivity index (χ0n) is 11.1. The molecule has 3 rings (SSSR count). The number of aromatic nitrogens is 1. The lowest BCUT2D eigenvalue weighted by atomic mass is 10.2. The van der Waals surface area contributed by atoms with Crippen LogP contribution in [0.25, 0.3) is 10.9 Å². The minimum absolute atomic E-state index is 0.362. The lowest BCUT2D eigenvalue weighted by molar-refractivity contribution is 0.175. The van der Waals surface area contributed by atoms with Gasteiger partial charge in [0.2, 0.25) is 0 Å². The Morgan fingerprint density at radius 1 is 1.47 bits per heavy atom. The highest BCUT2D eigenvalue weighted by Crippen LogP contribution is 2.26. The molecule has 0 aliphatic heterocycles. The van der Waals surface area contributed by atoms with Gasteiger partial charge in [0.25, 0.3) is 0 Å². The average molecular weight is 279 g/mol. The molecule has 1 atom stereocenters. The zero-order chi connectivity index (χ0) is 13.4. The zero-order valence-corrected chi connectivity index (χ0v) is 11.8. The van der Waals surface area contributed by atoms with Gasteiger partial charge in [-0.15, -0.1) is 0 Å². The Bertz CT molecular complexity index is 587. The molecule has 1 unspecified atom stereocenters. The van der Waals surface area contributed by atoms with Crippen LogP contribution in [0, 0.1) is 0 Å². The van der Waals surface area contributed by atoms with Crippen molar-refractivity contribution < 1.29 is 5.11 Å². The fourth-order valence-electron chi connectivity index (χ4n) is 2.46. The smallest absolute Gasteiger partial charge is 0.0691 e. The van der Waals surface area contributed by atoms with Crippen molar-refractivity contribution in [2.75, 3.05) is 0 Å². The topological polar surface area (TPSA) is 37.2 Å². The van der Waals surface area contributed by atoms with Crippen molar-refractivity contribution >= 4 is 22.5 Å². The van der Waals surface area contributed by atoms with Crippen LogP contribution in [0.3, 0.4) is 0 Å². The Kier molecular flexibility index (Phi) is 3.52. The molecule has 1 aromatic heterocycles. The fraction of sp³-hybridized carbons (Fsp3) is 0.467. The lowest BCUT2D eigenvalue weighted by Crippen LogP contribution is -2.15. The van der Waals surface area contributed by atoms with E-state index in [0.29, 0.717) is 12.6 Å². The summed E-state index contributed by atoms with van der Waals surface area (Å²) in [5.41, 5.74) is 2.38. The molecule has 0 amide bonds. The third kappa shape index (κ3) is 2.94. The first-order chi connectivity index (χ1) is 9.13. The minimum atomic E-state index is -0.362. The number of halogens is 1. The summed E-state index contributed by atoms with van der Waals surface area (Å²) in [7, 11) is 0. The Balaban J connectivity index is 1.95. The normalized spacial score (nSPS) is 17.0. The molecule has 2 aromatic rings. The molecule has 3 nitrogen and oxygen atoms in total. The molecular formula is C15H19ClN2O. The van der Waals surface area contributed by atoms with Crippen molar-refractivity contribution in [2.24, 2.45) is 0 Å². The molecule has 4 heteroatoms. The number of nitrogens with one attached hydrogen (secondary N) is 1. The summed E-state index contributed by atoms with van der Waals surface area (Å²) in [6.45, 7) is 3.29. The molecule has 1 saturated carbocycles. The van der Waals surface area contributed by atoms with Crippen LogP contribution in [0.5, 0.6) is 0 Å². The van der Waals surface area contributed by atoms with E-state index in [9.17, 15) is 5.11 Å². The van der Waals surface area contributed by atoms with Crippen LogP contribution in [0.2, 0.25) is 5.02 Å². The summed E-state index contributed by atoms with van der Waals surface area (Å²) in [6, 6.07) is 6.67. The van der Waals surface area contributed by atoms with E-state index < -0.39 is 0 Å². The largest absolute Gasteiger partial charge is 0.392 e. The van der Waals surface area contributed by atoms with Crippen molar-refractivity contribution in [3.05, 3.63) is 35.0 Å². The highest BCUT2D eigenvalue weighted by atomic mass is 35.5. The molecule has 1 aromatic carbocycles. The predicted molar refractivity (Wildman–Crippen MR) is 78.5 cm³/mol. The first-order valence-electron chi connectivity index (χ1n) is 6.82. The molecule has 2 N–H and O–H groups in total. The van der Waals surface area contributed by atoms with Crippen LogP contribution in [-0.2, 0) is 13.1 Å². The molecule has 0 spiro atoms. The van der Waals surface area contributed by atoms with Gasteiger partial charge in [-0.3, -0.25) is 0 Å². The number of benzene rings is 1. The highest BCUT2D eigenvalue weighted by Gasteiger charge is 2.21. The van der Waals surface area contributed by atoms with Gasteiger partial charge in [0.05, 0.1) is 6.10 Å². The van der Waals surface area contributed by atoms with E-state index >= 15 is 0 Å². The Morgan fingerprint density at radius 2 is 2.26 bits per heavy atom. The highest BCUT2D eigenvalue weighted by molar-refractivity contribution is 6.31. The summed E-state index contributed by atoms with van der Waals surface area (Å²) in [6.07, 6.45) is 4.35. The van der Waals surface area contributed by atoms with Crippen LogP contribution >= 0.6 is 11.6 Å². The maximum Gasteiger partial charge on any atom is 0.0691 e. The van der Waals surface area contributed by atoms with E-state index in [4.69, 9.17) is 11.6 Å². The summed E-state index contributed by atoms with van der Waals surface area (Å²) in [5.74, 6) is 0. The second kappa shape index (κ2) is 5.16. The maximum atomic E-state index is 9.60. The van der Waals surface area contributed by atoms with Gasteiger partial charge >= 0.3 is 0 Å². The first kappa shape index (κ1) is 13.0. The van der Waals surface area contributed by atoms with Crippen molar-refractivity contribution in [1.29, 1.82) is 0 Å². The molecule has 1 fully saturated rings. The average Bonchev–Trinajstić information content (AvgIpc) is 3.12. The van der Waals surface area contributed by atoms with Crippen LogP contribution in [0.15, 0.2) is 24.4 Å². The summed E-state index contributed by atoms with van der Waals surface area (Å²) in [5, 5.41) is 15.1. The summed E-state index contributed by atoms with van der Waals surface area (Å²) >= 11 is 6.08. The van der Waals surface area contributed by atoms with Gasteiger partial charge in [0.1, 0.15) is 0 Å². The van der Waals surface area contributed by atoms with Gasteiger partial charge in [0.15, 0.2) is 0 Å². The van der Waals surface area contributed by atoms with Gasteiger partial charge in [0, 0.05) is 41.3 Å². The first-order valence-corrected chi connectivity index (χ1v) is 7.20. The van der Waals surface area contributed by atoms with Crippen molar-refractivity contribution in [2.45, 2.75) is 45.0 Å². The minimum Gasteiger partial charge on any atom is -0.392 e. The lowest BCUT2D eigenvalue weighted by Gasteiger charge is -2.07. The van der Waals surface area contributed by atoms with Gasteiger partial charge < -0.3 is 15.0 Å². The second-order valence-corrected chi connectivity index (χ2v) is 5.91. The van der Waals surface area contributed by atoms with Crippen molar-refractivity contribution in [3.63, 3.8) is 0 Å². The molecule has 19 heavy (non-hydrogen) atoms. The molecule has 0 saturated heterocycles. The standard InChI is InChI=1S/C15H19ClN2O/c1-10(19)8-18-9-11(7-17-13-3-4-13)14-5-2-12(16)6-15(14)18/h2,5-6,9-10,13,17,19H,3-4,7-8H2,1H3. The van der Waals surface area contributed by atoms with Crippen molar-refractivity contribution in [1.82, 2.24) is 9.88 Å². The molecule has 0 radical (unpaired) electrons. The molecule has 0 bridgehead atoms. The molecular weight excluding hydrogens is 260 g/mol. The van der Waals surface area contributed by atoms with Crippen LogP contribution in [0.4, 0.5) is 0 Å². The number of rotatable bonds is 5. The van der Waals surface area contributed by atoms with Crippen LogP contribution in [-0.4, -0.2) is 21.8 Å². The predicted octanol–water partition coefficient (Wildman–Crippen LogP) is 2.93. The summed E-state index contributed by atoms with van der Waals surface area (Å²) < 4.78 is 2.09. The van der Waals surface area contributed by atoms with Crippen LogP contribution in [0.1, 0.15) is 25.3 Å². The van der Waals surface area contributed by atoms with Gasteiger partial charge in [-0.1, -0.05) is 17.7 Å². The SMILES string of the molecule is CC(O)Cn1cc(CNC2CC2)c2ccc(Cl)cc21. The third-order valence-electron chi connectivity index (χ3n) is 3.55. The fourth-order valence-corrected chi connectivity index (χ4v) is 2.63. The third-order valence-corrected chi connectivity index (χ3v) is 3.78. The van der Waals surface area contributed by atoms with Crippen molar-refractivity contribution in [3.8, 4) is 0 Å². The van der Waals surface area contributed by atoms with Gasteiger partial charge in [-0.25, -0.2) is 0 Å². The number of aliphatic hydroxyl groups is 1. The number of hydrogen-bond acceptors (Lipinski definition) is 2. The molecule has 1 heterocycles. The van der Waals surface area contributed by atoms with E-state index in [-0.39, 0.29) is 6.10 Å². The van der Waals surface area contributed by atoms with E-state index in [2.05, 4.69) is 22.1 Å². The Hall–Kier alpha value is -1.03. The summed E-state index contributed by atoms with van der Waals surface area (Å²) in [4.78, 5) is 0. The van der Waals surface area contributed by atoms with Gasteiger partial charge in [-0.05, 0) is 37.5 Å². The Labute approximate surface area is 118 Å². The van der Waals surface area contributed by atoms with E-state index in [1.54, 1.807) is 6.92 Å². The molecule has 1 aliphatic carbocycles. The monoisotopic (exact) mass is 278 g/mol. The second-order valence-electron chi connectivity index (χ2n) is 5.47. The quantitative estimate of drug-likeness (QED) is 0.882.